The molecule has 1 aromatic heterocycles. The molecule has 3 N–H and O–H groups in total. The van der Waals surface area contributed by atoms with E-state index in [-0.39, 0.29) is 5.52 Å². The van der Waals surface area contributed by atoms with Gasteiger partial charge in [0.1, 0.15) is 5.52 Å². The second-order valence-corrected chi connectivity index (χ2v) is 3.74. The molecular weight excluding hydrogens is 275 g/mol. The van der Waals surface area contributed by atoms with Gasteiger partial charge < -0.3 is 10.7 Å². The lowest BCUT2D eigenvalue weighted by Gasteiger charge is -1.99. The van der Waals surface area contributed by atoms with E-state index in [0.29, 0.717) is 15.7 Å². The van der Waals surface area contributed by atoms with Crippen LogP contribution in [0.4, 0.5) is 18.9 Å². The van der Waals surface area contributed by atoms with E-state index in [4.69, 9.17) is 5.73 Å². The van der Waals surface area contributed by atoms with Crippen LogP contribution in [0.3, 0.4) is 0 Å². The third kappa shape index (κ3) is 1.67. The third-order valence-corrected chi connectivity index (χ3v) is 2.72. The number of nitrogens with one attached hydrogen (secondary N) is 1. The first-order chi connectivity index (χ1) is 6.89. The Kier molecular flexibility index (Phi) is 2.14. The van der Waals surface area contributed by atoms with Crippen LogP contribution in [0.5, 0.6) is 0 Å². The van der Waals surface area contributed by atoms with Gasteiger partial charge in [0, 0.05) is 5.69 Å². The SMILES string of the molecule is Nc1ccc2[nH]c(C(F)(F)F)nc2c1Br. The number of aromatic nitrogens is 2. The molecule has 2 aromatic rings. The predicted octanol–water partition coefficient (Wildman–Crippen LogP) is 2.93. The number of nitrogens with two attached hydrogens (primary N) is 1. The number of aromatic amines is 1. The molecule has 0 spiro atoms. The maximum Gasteiger partial charge on any atom is 0.449 e. The molecule has 0 aliphatic rings. The maximum atomic E-state index is 12.3. The summed E-state index contributed by atoms with van der Waals surface area (Å²) in [6, 6.07) is 2.96. The predicted molar refractivity (Wildman–Crippen MR) is 53.2 cm³/mol. The summed E-state index contributed by atoms with van der Waals surface area (Å²) in [5.41, 5.74) is 6.35. The van der Waals surface area contributed by atoms with Gasteiger partial charge in [0.15, 0.2) is 0 Å². The molecule has 0 unspecified atom stereocenters. The molecule has 0 radical (unpaired) electrons. The van der Waals surface area contributed by atoms with Gasteiger partial charge in [-0.2, -0.15) is 13.2 Å². The summed E-state index contributed by atoms with van der Waals surface area (Å²) >= 11 is 3.09. The third-order valence-electron chi connectivity index (χ3n) is 1.89. The van der Waals surface area contributed by atoms with Gasteiger partial charge in [0.05, 0.1) is 9.99 Å². The van der Waals surface area contributed by atoms with E-state index in [2.05, 4.69) is 25.9 Å². The van der Waals surface area contributed by atoms with Gasteiger partial charge in [-0.05, 0) is 28.1 Å². The number of nitrogen functional groups attached to an aromatic ring is 1. The fourth-order valence-electron chi connectivity index (χ4n) is 1.19. The molecule has 2 rings (SSSR count). The zero-order chi connectivity index (χ0) is 11.2. The number of H-pyrrole nitrogens is 1. The van der Waals surface area contributed by atoms with Crippen molar-refractivity contribution in [1.29, 1.82) is 0 Å². The van der Waals surface area contributed by atoms with Gasteiger partial charge in [-0.3, -0.25) is 0 Å². The van der Waals surface area contributed by atoms with E-state index in [0.717, 1.165) is 0 Å². The second kappa shape index (κ2) is 3.13. The van der Waals surface area contributed by atoms with Crippen molar-refractivity contribution in [2.45, 2.75) is 6.18 Å². The number of halogens is 4. The van der Waals surface area contributed by atoms with E-state index in [9.17, 15) is 13.2 Å². The summed E-state index contributed by atoms with van der Waals surface area (Å²) in [5.74, 6) is -1.02. The van der Waals surface area contributed by atoms with Crippen LogP contribution < -0.4 is 5.73 Å². The van der Waals surface area contributed by atoms with E-state index >= 15 is 0 Å². The van der Waals surface area contributed by atoms with E-state index in [1.165, 1.54) is 12.1 Å². The van der Waals surface area contributed by atoms with Crippen molar-refractivity contribution in [2.24, 2.45) is 0 Å². The summed E-state index contributed by atoms with van der Waals surface area (Å²) in [4.78, 5) is 5.62. The van der Waals surface area contributed by atoms with Crippen LogP contribution in [0.1, 0.15) is 5.82 Å². The highest BCUT2D eigenvalue weighted by Crippen LogP contribution is 2.33. The van der Waals surface area contributed by atoms with Crippen molar-refractivity contribution in [1.82, 2.24) is 9.97 Å². The van der Waals surface area contributed by atoms with E-state index < -0.39 is 12.0 Å². The van der Waals surface area contributed by atoms with Crippen molar-refractivity contribution in [3.8, 4) is 0 Å². The van der Waals surface area contributed by atoms with Gasteiger partial charge >= 0.3 is 6.18 Å². The second-order valence-electron chi connectivity index (χ2n) is 2.95. The molecule has 0 aliphatic carbocycles. The fourth-order valence-corrected chi connectivity index (χ4v) is 1.63. The van der Waals surface area contributed by atoms with Crippen LogP contribution in [0.15, 0.2) is 16.6 Å². The molecule has 7 heteroatoms. The number of rotatable bonds is 0. The Bertz CT molecular complexity index is 518. The first kappa shape index (κ1) is 10.3. The van der Waals surface area contributed by atoms with Crippen LogP contribution in [-0.2, 0) is 6.18 Å². The van der Waals surface area contributed by atoms with E-state index in [1.54, 1.807) is 0 Å². The zero-order valence-electron chi connectivity index (χ0n) is 7.19. The lowest BCUT2D eigenvalue weighted by molar-refractivity contribution is -0.144. The van der Waals surface area contributed by atoms with Gasteiger partial charge in [0.25, 0.3) is 0 Å². The van der Waals surface area contributed by atoms with Gasteiger partial charge in [-0.25, -0.2) is 4.98 Å². The number of benzene rings is 1. The molecule has 80 valence electrons. The topological polar surface area (TPSA) is 54.7 Å². The van der Waals surface area contributed by atoms with Crippen LogP contribution in [-0.4, -0.2) is 9.97 Å². The summed E-state index contributed by atoms with van der Waals surface area (Å²) in [5, 5.41) is 0. The van der Waals surface area contributed by atoms with Crippen LogP contribution in [0.2, 0.25) is 0 Å². The standard InChI is InChI=1S/C8H5BrF3N3/c9-5-3(13)1-2-4-6(5)15-7(14-4)8(10,11)12/h1-2H,13H2,(H,14,15). The number of hydrogen-bond donors (Lipinski definition) is 2. The Balaban J connectivity index is 2.72. The van der Waals surface area contributed by atoms with Gasteiger partial charge in [0.2, 0.25) is 5.82 Å². The summed E-state index contributed by atoms with van der Waals surface area (Å²) in [6.45, 7) is 0. The van der Waals surface area contributed by atoms with Crippen LogP contribution in [0.25, 0.3) is 11.0 Å². The maximum absolute atomic E-state index is 12.3. The highest BCUT2D eigenvalue weighted by Gasteiger charge is 2.35. The Labute approximate surface area is 90.6 Å². The lowest BCUT2D eigenvalue weighted by Crippen LogP contribution is -2.06. The Morgan fingerprint density at radius 3 is 2.60 bits per heavy atom. The molecule has 1 heterocycles. The number of nitrogens with zero attached hydrogens (tertiary/aromatic N) is 1. The number of fused-ring (bicyclic) bond motifs is 1. The monoisotopic (exact) mass is 279 g/mol. The molecule has 15 heavy (non-hydrogen) atoms. The molecule has 0 amide bonds. The Hall–Kier alpha value is -1.24. The van der Waals surface area contributed by atoms with Crippen molar-refractivity contribution in [2.75, 3.05) is 5.73 Å². The first-order valence-electron chi connectivity index (χ1n) is 3.90. The molecule has 0 saturated carbocycles. The molecule has 0 bridgehead atoms. The average molecular weight is 280 g/mol. The minimum Gasteiger partial charge on any atom is -0.398 e. The highest BCUT2D eigenvalue weighted by atomic mass is 79.9. The number of anilines is 1. The Morgan fingerprint density at radius 1 is 1.33 bits per heavy atom. The Morgan fingerprint density at radius 2 is 2.00 bits per heavy atom. The number of hydrogen-bond acceptors (Lipinski definition) is 2. The quantitative estimate of drug-likeness (QED) is 0.729. The lowest BCUT2D eigenvalue weighted by atomic mass is 10.3. The van der Waals surface area contributed by atoms with Gasteiger partial charge in [-0.1, -0.05) is 0 Å². The molecule has 0 saturated heterocycles. The minimum absolute atomic E-state index is 0.183. The molecule has 0 aliphatic heterocycles. The van der Waals surface area contributed by atoms with Crippen molar-refractivity contribution in [3.05, 3.63) is 22.4 Å². The zero-order valence-corrected chi connectivity index (χ0v) is 8.78. The summed E-state index contributed by atoms with van der Waals surface area (Å²) < 4.78 is 37.3. The molecule has 0 atom stereocenters. The van der Waals surface area contributed by atoms with Crippen LogP contribution in [0, 0.1) is 0 Å². The molecule has 1 aromatic carbocycles. The summed E-state index contributed by atoms with van der Waals surface area (Å²) in [7, 11) is 0. The van der Waals surface area contributed by atoms with Crippen LogP contribution >= 0.6 is 15.9 Å². The van der Waals surface area contributed by atoms with Crippen molar-refractivity contribution >= 4 is 32.7 Å². The van der Waals surface area contributed by atoms with Gasteiger partial charge in [-0.15, -0.1) is 0 Å². The smallest absolute Gasteiger partial charge is 0.398 e. The average Bonchev–Trinajstić information content (AvgIpc) is 2.55. The largest absolute Gasteiger partial charge is 0.449 e. The first-order valence-corrected chi connectivity index (χ1v) is 4.70. The number of imidazole rings is 1. The normalized spacial score (nSPS) is 12.3. The molecule has 0 fully saturated rings. The number of alkyl halides is 3. The fraction of sp³-hybridized carbons (Fsp3) is 0.125. The minimum atomic E-state index is -4.48. The molecule has 3 nitrogen and oxygen atoms in total. The highest BCUT2D eigenvalue weighted by molar-refractivity contribution is 9.10. The van der Waals surface area contributed by atoms with Crippen molar-refractivity contribution in [3.63, 3.8) is 0 Å². The molecular formula is C8H5BrF3N3. The van der Waals surface area contributed by atoms with Crippen molar-refractivity contribution < 1.29 is 13.2 Å². The summed E-state index contributed by atoms with van der Waals surface area (Å²) in [6.07, 6.45) is -4.48. The van der Waals surface area contributed by atoms with E-state index in [1.807, 2.05) is 0 Å².